The van der Waals surface area contributed by atoms with Crippen LogP contribution in [-0.2, 0) is 9.59 Å². The van der Waals surface area contributed by atoms with Crippen LogP contribution in [-0.4, -0.2) is 28.2 Å². The number of fused-ring (bicyclic) bond motifs is 1. The molecule has 2 amide bonds. The highest BCUT2D eigenvalue weighted by Crippen LogP contribution is 2.46. The lowest BCUT2D eigenvalue weighted by Crippen LogP contribution is -2.34. The number of thiocarbonyl (C=S) groups is 1. The lowest BCUT2D eigenvalue weighted by atomic mass is 10.3. The Morgan fingerprint density at radius 1 is 1.43 bits per heavy atom. The number of imide groups is 1. The van der Waals surface area contributed by atoms with E-state index in [1.807, 2.05) is 0 Å². The first-order chi connectivity index (χ1) is 6.61. The smallest absolute Gasteiger partial charge is 0.233 e. The number of nitrogens with two attached hydrogens (primary N) is 1. The Hall–Kier alpha value is -0.970. The zero-order chi connectivity index (χ0) is 10.3. The Morgan fingerprint density at radius 2 is 2.00 bits per heavy atom. The summed E-state index contributed by atoms with van der Waals surface area (Å²) in [6.07, 6.45) is 2.05. The molecule has 1 aliphatic heterocycles. The SMILES string of the molecule is NC(=S)CCCN1C(=O)C2CC2C1=O. The van der Waals surface area contributed by atoms with Crippen molar-refractivity contribution in [3.05, 3.63) is 0 Å². The van der Waals surface area contributed by atoms with Crippen molar-refractivity contribution < 1.29 is 9.59 Å². The van der Waals surface area contributed by atoms with Gasteiger partial charge in [-0.05, 0) is 19.3 Å². The van der Waals surface area contributed by atoms with E-state index in [1.54, 1.807) is 0 Å². The number of hydrogen-bond donors (Lipinski definition) is 1. The van der Waals surface area contributed by atoms with E-state index in [9.17, 15) is 9.59 Å². The minimum absolute atomic E-state index is 0.00272. The van der Waals surface area contributed by atoms with Gasteiger partial charge in [0.1, 0.15) is 0 Å². The summed E-state index contributed by atoms with van der Waals surface area (Å²) in [5.74, 6) is 0.0190. The molecule has 1 saturated carbocycles. The summed E-state index contributed by atoms with van der Waals surface area (Å²) < 4.78 is 0. The molecule has 0 bridgehead atoms. The third kappa shape index (κ3) is 1.52. The van der Waals surface area contributed by atoms with Gasteiger partial charge >= 0.3 is 0 Å². The molecule has 0 aromatic rings. The molecule has 2 aliphatic rings. The lowest BCUT2D eigenvalue weighted by molar-refractivity contribution is -0.141. The topological polar surface area (TPSA) is 63.4 Å². The molecule has 2 atom stereocenters. The van der Waals surface area contributed by atoms with Crippen molar-refractivity contribution in [1.29, 1.82) is 0 Å². The predicted molar refractivity (Wildman–Crippen MR) is 54.3 cm³/mol. The van der Waals surface area contributed by atoms with Gasteiger partial charge in [-0.15, -0.1) is 0 Å². The summed E-state index contributed by atoms with van der Waals surface area (Å²) >= 11 is 4.72. The van der Waals surface area contributed by atoms with E-state index >= 15 is 0 Å². The number of hydrogen-bond acceptors (Lipinski definition) is 3. The Kier molecular flexibility index (Phi) is 2.26. The maximum Gasteiger partial charge on any atom is 0.233 e. The quantitative estimate of drug-likeness (QED) is 0.528. The summed E-state index contributed by atoms with van der Waals surface area (Å²) in [5, 5.41) is 0. The molecule has 0 aromatic carbocycles. The molecule has 1 heterocycles. The van der Waals surface area contributed by atoms with E-state index in [0.29, 0.717) is 24.4 Å². The standard InChI is InChI=1S/C9H12N2O2S/c10-7(14)2-1-3-11-8(12)5-4-6(5)9(11)13/h5-6H,1-4H2,(H2,10,14). The van der Waals surface area contributed by atoms with Crippen LogP contribution in [0.15, 0.2) is 0 Å². The summed E-state index contributed by atoms with van der Waals surface area (Å²) in [6, 6.07) is 0. The van der Waals surface area contributed by atoms with Crippen molar-refractivity contribution in [2.75, 3.05) is 6.54 Å². The van der Waals surface area contributed by atoms with Gasteiger partial charge in [-0.25, -0.2) is 0 Å². The zero-order valence-corrected chi connectivity index (χ0v) is 8.55. The highest BCUT2D eigenvalue weighted by atomic mass is 32.1. The summed E-state index contributed by atoms with van der Waals surface area (Å²) in [7, 11) is 0. The Balaban J connectivity index is 1.84. The third-order valence-corrected chi connectivity index (χ3v) is 2.97. The van der Waals surface area contributed by atoms with Gasteiger partial charge < -0.3 is 5.73 Å². The van der Waals surface area contributed by atoms with Gasteiger partial charge in [-0.2, -0.15) is 0 Å². The van der Waals surface area contributed by atoms with Gasteiger partial charge in [-0.3, -0.25) is 14.5 Å². The highest BCUT2D eigenvalue weighted by molar-refractivity contribution is 7.80. The number of amides is 2. The molecule has 14 heavy (non-hydrogen) atoms. The van der Waals surface area contributed by atoms with Crippen LogP contribution in [0.4, 0.5) is 0 Å². The summed E-state index contributed by atoms with van der Waals surface area (Å²) in [4.78, 5) is 24.7. The van der Waals surface area contributed by atoms with E-state index < -0.39 is 0 Å². The summed E-state index contributed by atoms with van der Waals surface area (Å²) in [5.41, 5.74) is 5.33. The summed E-state index contributed by atoms with van der Waals surface area (Å²) in [6.45, 7) is 0.474. The van der Waals surface area contributed by atoms with Gasteiger partial charge in [0.2, 0.25) is 11.8 Å². The Bertz CT molecular complexity index is 296. The predicted octanol–water partition coefficient (Wildman–Crippen LogP) is 0.0576. The molecule has 0 radical (unpaired) electrons. The highest BCUT2D eigenvalue weighted by Gasteiger charge is 2.58. The monoisotopic (exact) mass is 212 g/mol. The molecule has 2 N–H and O–H groups in total. The van der Waals surface area contributed by atoms with Crippen molar-refractivity contribution >= 4 is 29.0 Å². The molecule has 2 fully saturated rings. The second kappa shape index (κ2) is 3.31. The van der Waals surface area contributed by atoms with Crippen LogP contribution < -0.4 is 5.73 Å². The van der Waals surface area contributed by atoms with Crippen molar-refractivity contribution in [2.24, 2.45) is 17.6 Å². The van der Waals surface area contributed by atoms with E-state index in [-0.39, 0.29) is 23.7 Å². The first-order valence-electron chi connectivity index (χ1n) is 4.75. The molecule has 2 rings (SSSR count). The van der Waals surface area contributed by atoms with Gasteiger partial charge in [-0.1, -0.05) is 12.2 Å². The normalized spacial score (nSPS) is 29.3. The van der Waals surface area contributed by atoms with E-state index in [2.05, 4.69) is 0 Å². The van der Waals surface area contributed by atoms with Crippen molar-refractivity contribution in [2.45, 2.75) is 19.3 Å². The second-order valence-electron chi connectivity index (χ2n) is 3.85. The van der Waals surface area contributed by atoms with Gasteiger partial charge in [0.15, 0.2) is 0 Å². The van der Waals surface area contributed by atoms with Crippen LogP contribution >= 0.6 is 12.2 Å². The minimum Gasteiger partial charge on any atom is -0.393 e. The number of rotatable bonds is 4. The molecule has 4 nitrogen and oxygen atoms in total. The minimum atomic E-state index is 0.00272. The fourth-order valence-corrected chi connectivity index (χ4v) is 2.03. The molecule has 1 aliphatic carbocycles. The average Bonchev–Trinajstić information content (AvgIpc) is 2.84. The second-order valence-corrected chi connectivity index (χ2v) is 4.37. The Labute approximate surface area is 87.4 Å². The van der Waals surface area contributed by atoms with Crippen LogP contribution in [0.1, 0.15) is 19.3 Å². The molecule has 0 spiro atoms. The Morgan fingerprint density at radius 3 is 2.50 bits per heavy atom. The van der Waals surface area contributed by atoms with E-state index in [4.69, 9.17) is 18.0 Å². The van der Waals surface area contributed by atoms with Crippen molar-refractivity contribution in [1.82, 2.24) is 4.90 Å². The van der Waals surface area contributed by atoms with Crippen molar-refractivity contribution in [3.8, 4) is 0 Å². The zero-order valence-electron chi connectivity index (χ0n) is 7.73. The number of likely N-dealkylation sites (tertiary alicyclic amines) is 1. The fourth-order valence-electron chi connectivity index (χ4n) is 1.88. The largest absolute Gasteiger partial charge is 0.393 e. The van der Waals surface area contributed by atoms with Crippen LogP contribution in [0, 0.1) is 11.8 Å². The number of carbonyl (C=O) groups excluding carboxylic acids is 2. The average molecular weight is 212 g/mol. The molecule has 1 saturated heterocycles. The van der Waals surface area contributed by atoms with Gasteiger partial charge in [0, 0.05) is 6.54 Å². The molecular formula is C9H12N2O2S. The molecule has 76 valence electrons. The number of nitrogens with zero attached hydrogens (tertiary/aromatic N) is 1. The third-order valence-electron chi connectivity index (χ3n) is 2.76. The molecular weight excluding hydrogens is 200 g/mol. The van der Waals surface area contributed by atoms with Gasteiger partial charge in [0.25, 0.3) is 0 Å². The van der Waals surface area contributed by atoms with Crippen LogP contribution in [0.3, 0.4) is 0 Å². The molecule has 0 aromatic heterocycles. The van der Waals surface area contributed by atoms with Crippen LogP contribution in [0.25, 0.3) is 0 Å². The maximum absolute atomic E-state index is 11.5. The first-order valence-corrected chi connectivity index (χ1v) is 5.15. The van der Waals surface area contributed by atoms with E-state index in [1.165, 1.54) is 4.90 Å². The lowest BCUT2D eigenvalue weighted by Gasteiger charge is -2.15. The molecule has 2 unspecified atom stereocenters. The van der Waals surface area contributed by atoms with Crippen LogP contribution in [0.5, 0.6) is 0 Å². The van der Waals surface area contributed by atoms with Crippen molar-refractivity contribution in [3.63, 3.8) is 0 Å². The fraction of sp³-hybridized carbons (Fsp3) is 0.667. The molecule has 5 heteroatoms. The first kappa shape index (κ1) is 9.58. The van der Waals surface area contributed by atoms with Crippen LogP contribution in [0.2, 0.25) is 0 Å². The number of carbonyl (C=O) groups is 2. The maximum atomic E-state index is 11.5. The number of piperidine rings is 1. The van der Waals surface area contributed by atoms with E-state index in [0.717, 1.165) is 6.42 Å². The van der Waals surface area contributed by atoms with Gasteiger partial charge in [0.05, 0.1) is 16.8 Å².